The molecule has 0 aliphatic heterocycles. The van der Waals surface area contributed by atoms with E-state index in [4.69, 9.17) is 11.6 Å². The smallest absolute Gasteiger partial charge is 0.308 e. The van der Waals surface area contributed by atoms with Crippen molar-refractivity contribution in [2.45, 2.75) is 18.9 Å². The van der Waals surface area contributed by atoms with Crippen LogP contribution in [0.2, 0.25) is 5.02 Å². The van der Waals surface area contributed by atoms with E-state index >= 15 is 0 Å². The van der Waals surface area contributed by atoms with E-state index in [2.05, 4.69) is 37.6 Å². The minimum Gasteiger partial charge on any atom is -0.469 e. The fourth-order valence-corrected chi connectivity index (χ4v) is 2.39. The molecule has 0 saturated heterocycles. The van der Waals surface area contributed by atoms with Crippen molar-refractivity contribution in [1.82, 2.24) is 4.98 Å². The molecular weight excluding hydrogens is 354 g/mol. The van der Waals surface area contributed by atoms with E-state index in [9.17, 15) is 4.79 Å². The number of anilines is 1. The van der Waals surface area contributed by atoms with Gasteiger partial charge in [-0.3, -0.25) is 4.79 Å². The van der Waals surface area contributed by atoms with Gasteiger partial charge in [0.25, 0.3) is 0 Å². The van der Waals surface area contributed by atoms with Gasteiger partial charge in [-0.2, -0.15) is 0 Å². The summed E-state index contributed by atoms with van der Waals surface area (Å²) in [5.74, 6) is 0.565. The van der Waals surface area contributed by atoms with Gasteiger partial charge >= 0.3 is 5.97 Å². The van der Waals surface area contributed by atoms with Gasteiger partial charge in [0, 0.05) is 15.8 Å². The molecule has 17 heavy (non-hydrogen) atoms. The molecule has 1 aliphatic carbocycles. The molecule has 6 heteroatoms. The number of aromatic nitrogens is 1. The molecule has 0 spiro atoms. The first-order valence-electron chi connectivity index (χ1n) is 5.26. The van der Waals surface area contributed by atoms with E-state index in [1.54, 1.807) is 6.20 Å². The molecule has 0 aromatic carbocycles. The summed E-state index contributed by atoms with van der Waals surface area (Å²) in [6.07, 6.45) is 3.26. The van der Waals surface area contributed by atoms with Crippen LogP contribution < -0.4 is 5.32 Å². The van der Waals surface area contributed by atoms with Crippen molar-refractivity contribution in [3.8, 4) is 0 Å². The third-order valence-electron chi connectivity index (χ3n) is 2.86. The summed E-state index contributed by atoms with van der Waals surface area (Å²) >= 11 is 8.28. The summed E-state index contributed by atoms with van der Waals surface area (Å²) in [7, 11) is 1.42. The fourth-order valence-electron chi connectivity index (χ4n) is 1.81. The second-order valence-electron chi connectivity index (χ2n) is 3.99. The summed E-state index contributed by atoms with van der Waals surface area (Å²) in [5, 5.41) is 3.87. The van der Waals surface area contributed by atoms with Crippen LogP contribution in [-0.4, -0.2) is 24.1 Å². The van der Waals surface area contributed by atoms with Gasteiger partial charge in [0.05, 0.1) is 18.1 Å². The number of nitrogens with one attached hydrogen (secondary N) is 1. The second kappa shape index (κ2) is 5.39. The Morgan fingerprint density at radius 3 is 3.00 bits per heavy atom. The summed E-state index contributed by atoms with van der Waals surface area (Å²) in [6, 6.07) is 2.11. The number of methoxy groups -OCH3 is 1. The molecule has 1 aromatic heterocycles. The van der Waals surface area contributed by atoms with Crippen molar-refractivity contribution in [3.63, 3.8) is 0 Å². The van der Waals surface area contributed by atoms with Crippen LogP contribution in [-0.2, 0) is 9.53 Å². The first-order valence-corrected chi connectivity index (χ1v) is 6.72. The van der Waals surface area contributed by atoms with Crippen molar-refractivity contribution < 1.29 is 9.53 Å². The SMILES string of the molecule is COC(=O)C1CC(Nc2nccc(I)c2Cl)C1. The highest BCUT2D eigenvalue weighted by molar-refractivity contribution is 14.1. The summed E-state index contributed by atoms with van der Waals surface area (Å²) in [6.45, 7) is 0. The number of nitrogens with zero attached hydrogens (tertiary/aromatic N) is 1. The van der Waals surface area contributed by atoms with Crippen LogP contribution >= 0.6 is 34.2 Å². The van der Waals surface area contributed by atoms with Gasteiger partial charge < -0.3 is 10.1 Å². The molecule has 2 rings (SSSR count). The van der Waals surface area contributed by atoms with Crippen molar-refractivity contribution in [2.75, 3.05) is 12.4 Å². The first kappa shape index (κ1) is 12.9. The number of carbonyl (C=O) groups is 1. The Kier molecular flexibility index (Phi) is 4.09. The second-order valence-corrected chi connectivity index (χ2v) is 5.53. The van der Waals surface area contributed by atoms with E-state index in [0.717, 1.165) is 16.4 Å². The van der Waals surface area contributed by atoms with E-state index in [1.165, 1.54) is 7.11 Å². The van der Waals surface area contributed by atoms with Gasteiger partial charge in [-0.25, -0.2) is 4.98 Å². The van der Waals surface area contributed by atoms with Crippen molar-refractivity contribution in [1.29, 1.82) is 0 Å². The quantitative estimate of drug-likeness (QED) is 0.660. The lowest BCUT2D eigenvalue weighted by atomic mass is 9.80. The Morgan fingerprint density at radius 1 is 1.65 bits per heavy atom. The topological polar surface area (TPSA) is 51.2 Å². The largest absolute Gasteiger partial charge is 0.469 e. The van der Waals surface area contributed by atoms with Crippen LogP contribution in [0.1, 0.15) is 12.8 Å². The third-order valence-corrected chi connectivity index (χ3v) is 4.46. The van der Waals surface area contributed by atoms with Crippen LogP contribution in [0.15, 0.2) is 12.3 Å². The Morgan fingerprint density at radius 2 is 2.35 bits per heavy atom. The highest BCUT2D eigenvalue weighted by atomic mass is 127. The molecule has 0 unspecified atom stereocenters. The Balaban J connectivity index is 1.92. The average molecular weight is 367 g/mol. The number of ether oxygens (including phenoxy) is 1. The summed E-state index contributed by atoms with van der Waals surface area (Å²) < 4.78 is 5.65. The molecule has 1 aromatic rings. The lowest BCUT2D eigenvalue weighted by Gasteiger charge is -2.34. The van der Waals surface area contributed by atoms with E-state index in [1.807, 2.05) is 6.07 Å². The van der Waals surface area contributed by atoms with Crippen LogP contribution in [0, 0.1) is 9.49 Å². The number of carbonyl (C=O) groups excluding carboxylic acids is 1. The highest BCUT2D eigenvalue weighted by Gasteiger charge is 2.35. The Hall–Kier alpha value is -0.560. The number of halogens is 2. The zero-order valence-electron chi connectivity index (χ0n) is 9.24. The first-order chi connectivity index (χ1) is 8.11. The molecule has 0 radical (unpaired) electrons. The number of hydrogen-bond donors (Lipinski definition) is 1. The average Bonchev–Trinajstić information content (AvgIpc) is 2.27. The number of hydrogen-bond acceptors (Lipinski definition) is 4. The molecule has 92 valence electrons. The predicted octanol–water partition coefficient (Wildman–Crippen LogP) is 2.70. The molecular formula is C11H12ClIN2O2. The molecule has 1 saturated carbocycles. The summed E-state index contributed by atoms with van der Waals surface area (Å²) in [5.41, 5.74) is 0. The van der Waals surface area contributed by atoms with Crippen LogP contribution in [0.5, 0.6) is 0 Å². The van der Waals surface area contributed by atoms with Crippen LogP contribution in [0.3, 0.4) is 0 Å². The predicted molar refractivity (Wildman–Crippen MR) is 74.1 cm³/mol. The van der Waals surface area contributed by atoms with Crippen LogP contribution in [0.25, 0.3) is 0 Å². The molecule has 1 aliphatic rings. The lowest BCUT2D eigenvalue weighted by molar-refractivity contribution is -0.148. The standard InChI is InChI=1S/C11H12ClIN2O2/c1-17-11(16)6-4-7(5-6)15-10-9(12)8(13)2-3-14-10/h2-3,6-7H,4-5H2,1H3,(H,14,15). The highest BCUT2D eigenvalue weighted by Crippen LogP contribution is 2.33. The van der Waals surface area contributed by atoms with E-state index in [0.29, 0.717) is 10.8 Å². The third kappa shape index (κ3) is 2.82. The van der Waals surface area contributed by atoms with E-state index in [-0.39, 0.29) is 17.9 Å². The minimum atomic E-state index is -0.134. The minimum absolute atomic E-state index is 0.0130. The Labute approximate surface area is 118 Å². The molecule has 0 atom stereocenters. The number of pyridine rings is 1. The maximum atomic E-state index is 11.2. The Bertz CT molecular complexity index is 435. The molecule has 4 nitrogen and oxygen atoms in total. The van der Waals surface area contributed by atoms with E-state index < -0.39 is 0 Å². The van der Waals surface area contributed by atoms with Gasteiger partial charge in [0.2, 0.25) is 0 Å². The monoisotopic (exact) mass is 366 g/mol. The van der Waals surface area contributed by atoms with Crippen molar-refractivity contribution in [3.05, 3.63) is 20.9 Å². The van der Waals surface area contributed by atoms with Gasteiger partial charge in [-0.05, 0) is 41.5 Å². The normalized spacial score (nSPS) is 22.8. The maximum absolute atomic E-state index is 11.2. The summed E-state index contributed by atoms with van der Waals surface area (Å²) in [4.78, 5) is 15.4. The van der Waals surface area contributed by atoms with Gasteiger partial charge in [-0.1, -0.05) is 11.6 Å². The zero-order chi connectivity index (χ0) is 12.4. The number of esters is 1. The van der Waals surface area contributed by atoms with Crippen molar-refractivity contribution >= 4 is 46.0 Å². The van der Waals surface area contributed by atoms with Gasteiger partial charge in [-0.15, -0.1) is 0 Å². The van der Waals surface area contributed by atoms with Crippen LogP contribution in [0.4, 0.5) is 5.82 Å². The molecule has 1 heterocycles. The maximum Gasteiger partial charge on any atom is 0.308 e. The zero-order valence-corrected chi connectivity index (χ0v) is 12.2. The van der Waals surface area contributed by atoms with Crippen molar-refractivity contribution in [2.24, 2.45) is 5.92 Å². The number of rotatable bonds is 3. The lowest BCUT2D eigenvalue weighted by Crippen LogP contribution is -2.40. The molecule has 0 bridgehead atoms. The van der Waals surface area contributed by atoms with Gasteiger partial charge in [0.15, 0.2) is 0 Å². The molecule has 1 N–H and O–H groups in total. The van der Waals surface area contributed by atoms with Gasteiger partial charge in [0.1, 0.15) is 5.82 Å². The molecule has 1 fully saturated rings. The fraction of sp³-hybridized carbons (Fsp3) is 0.455. The molecule has 0 amide bonds.